The van der Waals surface area contributed by atoms with Crippen LogP contribution in [-0.4, -0.2) is 33.0 Å². The van der Waals surface area contributed by atoms with Gasteiger partial charge in [0, 0.05) is 19.6 Å². The van der Waals surface area contributed by atoms with Crippen LogP contribution in [0, 0.1) is 0 Å². The van der Waals surface area contributed by atoms with Gasteiger partial charge in [-0.15, -0.1) is 0 Å². The smallest absolute Gasteiger partial charge is 0.222 e. The minimum atomic E-state index is -1.53. The van der Waals surface area contributed by atoms with Crippen LogP contribution in [0.1, 0.15) is 27.7 Å². The molecule has 0 aliphatic rings. The van der Waals surface area contributed by atoms with Crippen LogP contribution < -0.4 is 0 Å². The van der Waals surface area contributed by atoms with Gasteiger partial charge in [0.15, 0.2) is 0 Å². The molecule has 1 amide bonds. The van der Waals surface area contributed by atoms with Gasteiger partial charge in [-0.1, -0.05) is 40.8 Å². The number of carbonyl (C=O) groups excluding carboxylic acids is 1. The zero-order chi connectivity index (χ0) is 11.7. The molecule has 0 aliphatic heterocycles. The Morgan fingerprint density at radius 2 is 1.57 bits per heavy atom. The van der Waals surface area contributed by atoms with Crippen molar-refractivity contribution in [3.05, 3.63) is 0 Å². The molecule has 0 aromatic rings. The number of amides is 1. The third-order valence-corrected chi connectivity index (χ3v) is 10.1. The summed E-state index contributed by atoms with van der Waals surface area (Å²) in [6.45, 7) is 13.4. The van der Waals surface area contributed by atoms with Crippen molar-refractivity contribution in [3.63, 3.8) is 0 Å². The van der Waals surface area contributed by atoms with Crippen molar-refractivity contribution in [2.75, 3.05) is 14.1 Å². The molecule has 14 heavy (non-hydrogen) atoms. The number of nitrogens with zero attached hydrogens (tertiary/aromatic N) is 1. The Labute approximate surface area is 89.7 Å². The number of rotatable bonds is 2. The Balaban J connectivity index is 4.85. The maximum Gasteiger partial charge on any atom is 0.222 e. The fraction of sp³-hybridized carbons (Fsp3) is 0.909. The molecule has 0 heterocycles. The van der Waals surface area contributed by atoms with E-state index in [0.29, 0.717) is 0 Å². The zero-order valence-electron chi connectivity index (χ0n) is 10.9. The minimum Gasteiger partial charge on any atom is -0.349 e. The molecule has 0 spiro atoms. The molecule has 0 aliphatic carbocycles. The summed E-state index contributed by atoms with van der Waals surface area (Å²) in [5, 5.41) is 0.276. The Bertz CT molecular complexity index is 216. The Hall–Kier alpha value is -0.313. The van der Waals surface area contributed by atoms with Gasteiger partial charge in [-0.3, -0.25) is 4.79 Å². The first-order chi connectivity index (χ1) is 6.01. The van der Waals surface area contributed by atoms with E-state index in [-0.39, 0.29) is 16.5 Å². The standard InChI is InChI=1S/C11H25NOSi/c1-9(10(13)12(5)6)14(7,8)11(2,3)4/h9H,1-8H3. The summed E-state index contributed by atoms with van der Waals surface area (Å²) >= 11 is 0. The Kier molecular flexibility index (Phi) is 3.96. The second kappa shape index (κ2) is 4.05. The van der Waals surface area contributed by atoms with Gasteiger partial charge in [0.25, 0.3) is 0 Å². The van der Waals surface area contributed by atoms with E-state index in [9.17, 15) is 4.79 Å². The summed E-state index contributed by atoms with van der Waals surface area (Å²) in [6.07, 6.45) is 0. The van der Waals surface area contributed by atoms with Crippen LogP contribution in [-0.2, 0) is 4.79 Å². The predicted molar refractivity (Wildman–Crippen MR) is 65.3 cm³/mol. The van der Waals surface area contributed by atoms with E-state index in [4.69, 9.17) is 0 Å². The molecule has 0 radical (unpaired) electrons. The average Bonchev–Trinajstić information content (AvgIpc) is 1.99. The second-order valence-electron chi connectivity index (χ2n) is 5.93. The zero-order valence-corrected chi connectivity index (χ0v) is 11.9. The molecule has 1 atom stereocenters. The van der Waals surface area contributed by atoms with Crippen LogP contribution in [0.2, 0.25) is 23.7 Å². The van der Waals surface area contributed by atoms with Crippen LogP contribution in [0.5, 0.6) is 0 Å². The van der Waals surface area contributed by atoms with E-state index in [1.54, 1.807) is 4.90 Å². The summed E-state index contributed by atoms with van der Waals surface area (Å²) in [7, 11) is 2.15. The van der Waals surface area contributed by atoms with Crippen molar-refractivity contribution in [1.29, 1.82) is 0 Å². The number of hydrogen-bond acceptors (Lipinski definition) is 1. The van der Waals surface area contributed by atoms with Gasteiger partial charge in [0.2, 0.25) is 5.91 Å². The summed E-state index contributed by atoms with van der Waals surface area (Å²) in [4.78, 5) is 13.6. The molecule has 0 aromatic heterocycles. The highest BCUT2D eigenvalue weighted by Gasteiger charge is 2.43. The summed E-state index contributed by atoms with van der Waals surface area (Å²) in [6, 6.07) is 0. The summed E-state index contributed by atoms with van der Waals surface area (Å²) in [5.41, 5.74) is 0.192. The molecule has 0 saturated carbocycles. The molecule has 3 heteroatoms. The Morgan fingerprint density at radius 1 is 1.21 bits per heavy atom. The highest BCUT2D eigenvalue weighted by atomic mass is 28.3. The van der Waals surface area contributed by atoms with E-state index in [2.05, 4.69) is 40.8 Å². The summed E-state index contributed by atoms with van der Waals surface area (Å²) < 4.78 is 0. The number of hydrogen-bond donors (Lipinski definition) is 0. The molecule has 1 unspecified atom stereocenters. The van der Waals surface area contributed by atoms with Crippen LogP contribution in [0.3, 0.4) is 0 Å². The first-order valence-corrected chi connectivity index (χ1v) is 8.30. The molecule has 2 nitrogen and oxygen atoms in total. The van der Waals surface area contributed by atoms with Gasteiger partial charge in [0.05, 0.1) is 8.07 Å². The van der Waals surface area contributed by atoms with Gasteiger partial charge in [-0.05, 0) is 5.04 Å². The molecule has 0 saturated heterocycles. The molecular formula is C11H25NOSi. The van der Waals surface area contributed by atoms with E-state index in [1.807, 2.05) is 14.1 Å². The van der Waals surface area contributed by atoms with Crippen LogP contribution >= 0.6 is 0 Å². The highest BCUT2D eigenvalue weighted by Crippen LogP contribution is 2.43. The van der Waals surface area contributed by atoms with Crippen LogP contribution in [0.25, 0.3) is 0 Å². The third-order valence-electron chi connectivity index (χ3n) is 3.83. The van der Waals surface area contributed by atoms with Crippen molar-refractivity contribution in [2.24, 2.45) is 0 Å². The largest absolute Gasteiger partial charge is 0.349 e. The molecule has 0 aromatic carbocycles. The molecule has 0 bridgehead atoms. The fourth-order valence-corrected chi connectivity index (χ4v) is 3.52. The van der Waals surface area contributed by atoms with Crippen molar-refractivity contribution >= 4 is 14.0 Å². The van der Waals surface area contributed by atoms with Crippen molar-refractivity contribution < 1.29 is 4.79 Å². The van der Waals surface area contributed by atoms with Crippen molar-refractivity contribution in [2.45, 2.75) is 51.4 Å². The van der Waals surface area contributed by atoms with Gasteiger partial charge in [-0.25, -0.2) is 0 Å². The van der Waals surface area contributed by atoms with Gasteiger partial charge < -0.3 is 4.90 Å². The lowest BCUT2D eigenvalue weighted by molar-refractivity contribution is -0.128. The quantitative estimate of drug-likeness (QED) is 0.649. The number of carbonyl (C=O) groups is 1. The SMILES string of the molecule is CC(C(=O)N(C)C)[Si](C)(C)C(C)(C)C. The maximum atomic E-state index is 11.9. The molecular weight excluding hydrogens is 190 g/mol. The monoisotopic (exact) mass is 215 g/mol. The van der Waals surface area contributed by atoms with Gasteiger partial charge in [0.1, 0.15) is 0 Å². The van der Waals surface area contributed by atoms with E-state index in [0.717, 1.165) is 0 Å². The molecule has 0 N–H and O–H groups in total. The fourth-order valence-electron chi connectivity index (χ4n) is 1.35. The summed E-state index contributed by atoms with van der Waals surface area (Å²) in [5.74, 6) is 0.275. The first-order valence-electron chi connectivity index (χ1n) is 5.23. The third kappa shape index (κ3) is 2.59. The Morgan fingerprint density at radius 3 is 1.79 bits per heavy atom. The average molecular weight is 215 g/mol. The second-order valence-corrected chi connectivity index (χ2v) is 11.7. The van der Waals surface area contributed by atoms with Crippen LogP contribution in [0.4, 0.5) is 0 Å². The topological polar surface area (TPSA) is 20.3 Å². The predicted octanol–water partition coefficient (Wildman–Crippen LogP) is 2.97. The maximum absolute atomic E-state index is 11.9. The van der Waals surface area contributed by atoms with E-state index >= 15 is 0 Å². The molecule has 0 rings (SSSR count). The van der Waals surface area contributed by atoms with Gasteiger partial charge >= 0.3 is 0 Å². The van der Waals surface area contributed by atoms with Crippen LogP contribution in [0.15, 0.2) is 0 Å². The van der Waals surface area contributed by atoms with E-state index in [1.165, 1.54) is 0 Å². The van der Waals surface area contributed by atoms with E-state index < -0.39 is 8.07 Å². The molecule has 84 valence electrons. The first kappa shape index (κ1) is 13.7. The highest BCUT2D eigenvalue weighted by molar-refractivity contribution is 6.84. The molecule has 0 fully saturated rings. The van der Waals surface area contributed by atoms with Crippen molar-refractivity contribution in [1.82, 2.24) is 4.90 Å². The lowest BCUT2D eigenvalue weighted by Crippen LogP contribution is -2.47. The lowest BCUT2D eigenvalue weighted by Gasteiger charge is -2.41. The van der Waals surface area contributed by atoms with Gasteiger partial charge in [-0.2, -0.15) is 0 Å². The normalized spacial score (nSPS) is 15.1. The minimum absolute atomic E-state index is 0.192. The van der Waals surface area contributed by atoms with Crippen molar-refractivity contribution in [3.8, 4) is 0 Å². The lowest BCUT2D eigenvalue weighted by atomic mass is 10.2.